The minimum atomic E-state index is -3.70. The normalized spacial score (nSPS) is 15.4. The number of hydrogen-bond donors (Lipinski definition) is 1. The second-order valence-corrected chi connectivity index (χ2v) is 10.1. The molecule has 29 heavy (non-hydrogen) atoms. The molecule has 2 aliphatic rings. The Kier molecular flexibility index (Phi) is 4.42. The molecule has 0 atom stereocenters. The van der Waals surface area contributed by atoms with Crippen LogP contribution in [0.2, 0.25) is 0 Å². The summed E-state index contributed by atoms with van der Waals surface area (Å²) < 4.78 is 48.5. The zero-order valence-electron chi connectivity index (χ0n) is 15.6. The van der Waals surface area contributed by atoms with E-state index < -0.39 is 10.0 Å². The summed E-state index contributed by atoms with van der Waals surface area (Å²) in [5, 5.41) is 0. The van der Waals surface area contributed by atoms with Gasteiger partial charge in [0, 0.05) is 6.04 Å². The molecule has 0 saturated heterocycles. The highest BCUT2D eigenvalue weighted by Crippen LogP contribution is 2.48. The van der Waals surface area contributed by atoms with E-state index in [0.717, 1.165) is 0 Å². The number of nitrogens with one attached hydrogen (secondary N) is 1. The summed E-state index contributed by atoms with van der Waals surface area (Å²) in [5.74, 6) is 0.797. The number of ether oxygens (including phenoxy) is 1. The molecule has 0 unspecified atom stereocenters. The van der Waals surface area contributed by atoms with Crippen molar-refractivity contribution in [2.75, 3.05) is 0 Å². The van der Waals surface area contributed by atoms with Gasteiger partial charge in [-0.05, 0) is 66.8 Å². The van der Waals surface area contributed by atoms with Crippen LogP contribution in [0.15, 0.2) is 69.3 Å². The third-order valence-corrected chi connectivity index (χ3v) is 7.99. The molecule has 1 aliphatic heterocycles. The lowest BCUT2D eigenvalue weighted by Gasteiger charge is -2.22. The molecule has 3 aromatic rings. The maximum atomic E-state index is 13.6. The maximum absolute atomic E-state index is 13.6. The van der Waals surface area contributed by atoms with Crippen molar-refractivity contribution in [2.24, 2.45) is 0 Å². The Labute approximate surface area is 173 Å². The summed E-state index contributed by atoms with van der Waals surface area (Å²) in [6.07, 6.45) is 1.37. The average molecular weight is 428 g/mol. The highest BCUT2D eigenvalue weighted by molar-refractivity contribution is 7.99. The fourth-order valence-corrected chi connectivity index (χ4v) is 6.46. The molecule has 0 bridgehead atoms. The third kappa shape index (κ3) is 3.43. The Morgan fingerprint density at radius 2 is 1.69 bits per heavy atom. The van der Waals surface area contributed by atoms with Crippen LogP contribution in [0.1, 0.15) is 16.7 Å². The highest BCUT2D eigenvalue weighted by atomic mass is 32.2. The van der Waals surface area contributed by atoms with Crippen molar-refractivity contribution in [3.8, 4) is 11.5 Å². The van der Waals surface area contributed by atoms with Gasteiger partial charge in [-0.2, -0.15) is 0 Å². The van der Waals surface area contributed by atoms with Crippen molar-refractivity contribution < 1.29 is 17.5 Å². The van der Waals surface area contributed by atoms with Crippen molar-refractivity contribution in [3.05, 3.63) is 77.1 Å². The van der Waals surface area contributed by atoms with E-state index >= 15 is 0 Å². The van der Waals surface area contributed by atoms with E-state index in [1.807, 2.05) is 24.3 Å². The van der Waals surface area contributed by atoms with Crippen LogP contribution >= 0.6 is 11.8 Å². The molecule has 0 saturated carbocycles. The molecule has 148 valence electrons. The van der Waals surface area contributed by atoms with E-state index in [-0.39, 0.29) is 16.8 Å². The molecule has 0 radical (unpaired) electrons. The second kappa shape index (κ2) is 6.86. The molecule has 0 amide bonds. The monoisotopic (exact) mass is 427 g/mol. The van der Waals surface area contributed by atoms with Crippen LogP contribution in [-0.4, -0.2) is 14.5 Å². The number of sulfonamides is 1. The van der Waals surface area contributed by atoms with Crippen LogP contribution in [-0.2, 0) is 22.9 Å². The molecule has 0 aromatic heterocycles. The summed E-state index contributed by atoms with van der Waals surface area (Å²) in [6.45, 7) is 1.76. The van der Waals surface area contributed by atoms with Gasteiger partial charge in [-0.15, -0.1) is 0 Å². The molecule has 3 aromatic carbocycles. The smallest absolute Gasteiger partial charge is 0.241 e. The van der Waals surface area contributed by atoms with E-state index in [9.17, 15) is 12.8 Å². The molecule has 7 heteroatoms. The predicted octanol–water partition coefficient (Wildman–Crippen LogP) is 4.84. The molecule has 1 N–H and O–H groups in total. The Morgan fingerprint density at radius 3 is 2.41 bits per heavy atom. The van der Waals surface area contributed by atoms with E-state index in [4.69, 9.17) is 4.74 Å². The lowest BCUT2D eigenvalue weighted by molar-refractivity contribution is 0.450. The number of hydrogen-bond acceptors (Lipinski definition) is 4. The first-order valence-corrected chi connectivity index (χ1v) is 11.6. The van der Waals surface area contributed by atoms with Crippen molar-refractivity contribution in [1.82, 2.24) is 4.72 Å². The summed E-state index contributed by atoms with van der Waals surface area (Å²) in [5.41, 5.74) is 2.98. The Hall–Kier alpha value is -2.35. The van der Waals surface area contributed by atoms with Gasteiger partial charge in [0.05, 0.1) is 14.7 Å². The molecule has 5 rings (SSSR count). The van der Waals surface area contributed by atoms with E-state index in [1.165, 1.54) is 35.0 Å². The van der Waals surface area contributed by atoms with Crippen molar-refractivity contribution in [2.45, 2.75) is 40.5 Å². The van der Waals surface area contributed by atoms with Crippen LogP contribution in [0, 0.1) is 12.7 Å². The highest BCUT2D eigenvalue weighted by Gasteiger charge is 2.29. The van der Waals surface area contributed by atoms with Crippen LogP contribution < -0.4 is 9.46 Å². The van der Waals surface area contributed by atoms with Crippen LogP contribution in [0.4, 0.5) is 4.39 Å². The SMILES string of the molecule is Cc1cc2c(cc1S(=O)(=O)NC1Cc3ccccc3C1)Sc1cc(F)ccc1O2. The van der Waals surface area contributed by atoms with Crippen LogP contribution in [0.5, 0.6) is 11.5 Å². The summed E-state index contributed by atoms with van der Waals surface area (Å²) >= 11 is 1.31. The first kappa shape index (κ1) is 18.7. The lowest BCUT2D eigenvalue weighted by atomic mass is 10.1. The number of rotatable bonds is 3. The van der Waals surface area contributed by atoms with Crippen LogP contribution in [0.25, 0.3) is 0 Å². The van der Waals surface area contributed by atoms with Crippen molar-refractivity contribution in [3.63, 3.8) is 0 Å². The van der Waals surface area contributed by atoms with Gasteiger partial charge in [0.15, 0.2) is 0 Å². The number of halogens is 1. The molecular weight excluding hydrogens is 409 g/mol. The van der Waals surface area contributed by atoms with E-state index in [2.05, 4.69) is 4.72 Å². The van der Waals surface area contributed by atoms with Gasteiger partial charge in [0.2, 0.25) is 10.0 Å². The zero-order valence-corrected chi connectivity index (χ0v) is 17.2. The summed E-state index contributed by atoms with van der Waals surface area (Å²) in [7, 11) is -3.70. The standard InChI is InChI=1S/C22H18FNO3S2/c1-13-8-19-21(28-20-11-16(23)6-7-18(20)27-19)12-22(13)29(25,26)24-17-9-14-4-2-3-5-15(14)10-17/h2-8,11-12,17,24H,9-10H2,1H3. The number of aryl methyl sites for hydroxylation is 1. The minimum Gasteiger partial charge on any atom is -0.455 e. The number of benzene rings is 3. The third-order valence-electron chi connectivity index (χ3n) is 5.25. The Morgan fingerprint density at radius 1 is 1.00 bits per heavy atom. The van der Waals surface area contributed by atoms with Gasteiger partial charge in [-0.25, -0.2) is 17.5 Å². The van der Waals surface area contributed by atoms with Gasteiger partial charge in [0.1, 0.15) is 17.3 Å². The number of fused-ring (bicyclic) bond motifs is 3. The van der Waals surface area contributed by atoms with Crippen molar-refractivity contribution >= 4 is 21.8 Å². The summed E-state index contributed by atoms with van der Waals surface area (Å²) in [4.78, 5) is 1.51. The van der Waals surface area contributed by atoms with Gasteiger partial charge in [-0.1, -0.05) is 36.0 Å². The van der Waals surface area contributed by atoms with E-state index in [0.29, 0.717) is 39.7 Å². The fourth-order valence-electron chi connectivity index (χ4n) is 3.90. The Bertz CT molecular complexity index is 1220. The van der Waals surface area contributed by atoms with Gasteiger partial charge < -0.3 is 4.74 Å². The Balaban J connectivity index is 1.44. The lowest BCUT2D eigenvalue weighted by Crippen LogP contribution is -2.35. The van der Waals surface area contributed by atoms with Crippen LogP contribution in [0.3, 0.4) is 0 Å². The molecular formula is C22H18FNO3S2. The molecule has 1 aliphatic carbocycles. The van der Waals surface area contributed by atoms with E-state index in [1.54, 1.807) is 25.1 Å². The topological polar surface area (TPSA) is 55.4 Å². The van der Waals surface area contributed by atoms with Gasteiger partial charge >= 0.3 is 0 Å². The molecule has 0 fully saturated rings. The van der Waals surface area contributed by atoms with Gasteiger partial charge in [-0.3, -0.25) is 0 Å². The first-order chi connectivity index (χ1) is 13.9. The molecule has 1 heterocycles. The second-order valence-electron chi connectivity index (χ2n) is 7.35. The average Bonchev–Trinajstić information content (AvgIpc) is 3.07. The minimum absolute atomic E-state index is 0.161. The largest absolute Gasteiger partial charge is 0.455 e. The fraction of sp³-hybridized carbons (Fsp3) is 0.182. The quantitative estimate of drug-likeness (QED) is 0.509. The van der Waals surface area contributed by atoms with Gasteiger partial charge in [0.25, 0.3) is 0 Å². The van der Waals surface area contributed by atoms with Crippen molar-refractivity contribution in [1.29, 1.82) is 0 Å². The maximum Gasteiger partial charge on any atom is 0.241 e. The predicted molar refractivity (Wildman–Crippen MR) is 110 cm³/mol. The first-order valence-electron chi connectivity index (χ1n) is 9.28. The molecule has 4 nitrogen and oxygen atoms in total. The zero-order chi connectivity index (χ0) is 20.2. The summed E-state index contributed by atoms with van der Waals surface area (Å²) in [6, 6.07) is 15.5. The molecule has 0 spiro atoms.